The summed E-state index contributed by atoms with van der Waals surface area (Å²) in [6, 6.07) is 8.78. The van der Waals surface area contributed by atoms with Crippen LogP contribution in [0.5, 0.6) is 5.75 Å². The molecule has 2 aromatic rings. The Morgan fingerprint density at radius 2 is 2.16 bits per heavy atom. The molecular weight excluding hydrogens is 238 g/mol. The molecule has 0 saturated carbocycles. The van der Waals surface area contributed by atoms with E-state index < -0.39 is 0 Å². The van der Waals surface area contributed by atoms with Gasteiger partial charge in [-0.25, -0.2) is 4.98 Å². The number of nitrogens with zero attached hydrogens (tertiary/aromatic N) is 2. The third-order valence-corrected chi connectivity index (χ3v) is 3.28. The lowest BCUT2D eigenvalue weighted by atomic mass is 10.1. The third kappa shape index (κ3) is 2.18. The Kier molecular flexibility index (Phi) is 2.93. The first-order valence-electron chi connectivity index (χ1n) is 6.69. The van der Waals surface area contributed by atoms with Gasteiger partial charge in [-0.3, -0.25) is 0 Å². The molecule has 1 N–H and O–H groups in total. The van der Waals surface area contributed by atoms with E-state index in [-0.39, 0.29) is 6.04 Å². The fourth-order valence-corrected chi connectivity index (χ4v) is 2.49. The van der Waals surface area contributed by atoms with E-state index in [1.165, 1.54) is 5.56 Å². The van der Waals surface area contributed by atoms with E-state index in [1.54, 1.807) is 0 Å². The average Bonchev–Trinajstić information content (AvgIpc) is 2.92. The molecule has 1 aromatic heterocycles. The number of rotatable bonds is 3. The van der Waals surface area contributed by atoms with Crippen molar-refractivity contribution in [1.29, 1.82) is 0 Å². The minimum absolute atomic E-state index is 0.207. The monoisotopic (exact) mass is 257 g/mol. The first-order chi connectivity index (χ1) is 9.15. The molecule has 0 spiro atoms. The number of anilines is 1. The summed E-state index contributed by atoms with van der Waals surface area (Å²) in [7, 11) is 0. The van der Waals surface area contributed by atoms with E-state index in [1.807, 2.05) is 19.1 Å². The number of imidazole rings is 1. The van der Waals surface area contributed by atoms with Gasteiger partial charge in [0.15, 0.2) is 0 Å². The fraction of sp³-hybridized carbons (Fsp3) is 0.400. The third-order valence-electron chi connectivity index (χ3n) is 3.28. The van der Waals surface area contributed by atoms with Crippen LogP contribution in [-0.2, 0) is 0 Å². The van der Waals surface area contributed by atoms with Crippen LogP contribution in [0.4, 0.5) is 5.95 Å². The van der Waals surface area contributed by atoms with E-state index >= 15 is 0 Å². The lowest BCUT2D eigenvalue weighted by Crippen LogP contribution is -2.18. The number of aryl methyl sites for hydroxylation is 1. The Balaban J connectivity index is 1.99. The summed E-state index contributed by atoms with van der Waals surface area (Å²) in [5.74, 6) is 1.90. The summed E-state index contributed by atoms with van der Waals surface area (Å²) in [5.41, 5.74) is 2.25. The minimum Gasteiger partial charge on any atom is -0.491 e. The van der Waals surface area contributed by atoms with Crippen molar-refractivity contribution in [3.05, 3.63) is 41.7 Å². The fourth-order valence-electron chi connectivity index (χ4n) is 2.49. The van der Waals surface area contributed by atoms with Gasteiger partial charge < -0.3 is 14.6 Å². The largest absolute Gasteiger partial charge is 0.491 e. The van der Waals surface area contributed by atoms with Crippen LogP contribution in [0.15, 0.2) is 30.5 Å². The number of nitrogens with one attached hydrogen (secondary N) is 1. The van der Waals surface area contributed by atoms with Gasteiger partial charge in [0.05, 0.1) is 11.7 Å². The molecule has 2 heterocycles. The highest BCUT2D eigenvalue weighted by atomic mass is 16.5. The van der Waals surface area contributed by atoms with E-state index in [9.17, 15) is 0 Å². The predicted octanol–water partition coefficient (Wildman–Crippen LogP) is 2.99. The quantitative estimate of drug-likeness (QED) is 0.918. The molecule has 0 saturated heterocycles. The minimum atomic E-state index is 0.207. The van der Waals surface area contributed by atoms with Gasteiger partial charge in [-0.1, -0.05) is 18.2 Å². The van der Waals surface area contributed by atoms with Crippen molar-refractivity contribution in [1.82, 2.24) is 9.55 Å². The van der Waals surface area contributed by atoms with Gasteiger partial charge in [-0.05, 0) is 26.8 Å². The average molecular weight is 257 g/mol. The van der Waals surface area contributed by atoms with Gasteiger partial charge in [0.2, 0.25) is 5.95 Å². The lowest BCUT2D eigenvalue weighted by Gasteiger charge is -2.16. The highest BCUT2D eigenvalue weighted by Gasteiger charge is 2.27. The van der Waals surface area contributed by atoms with Gasteiger partial charge in [-0.15, -0.1) is 0 Å². The van der Waals surface area contributed by atoms with Crippen LogP contribution >= 0.6 is 0 Å². The molecule has 1 aliphatic heterocycles. The van der Waals surface area contributed by atoms with Crippen molar-refractivity contribution in [2.45, 2.75) is 32.9 Å². The number of hydrogen-bond acceptors (Lipinski definition) is 3. The zero-order valence-electron chi connectivity index (χ0n) is 11.6. The number of para-hydroxylation sites is 1. The standard InChI is InChI=1S/C15H19N3O/c1-10(2)16-15-17-11(3)8-18(15)13-9-19-14-7-5-4-6-12(13)14/h4-8,10,13H,9H2,1-3H3,(H,16,17). The van der Waals surface area contributed by atoms with Crippen LogP contribution in [0.1, 0.15) is 31.1 Å². The summed E-state index contributed by atoms with van der Waals surface area (Å²) < 4.78 is 7.94. The molecule has 1 atom stereocenters. The zero-order valence-corrected chi connectivity index (χ0v) is 11.6. The summed E-state index contributed by atoms with van der Waals surface area (Å²) >= 11 is 0. The summed E-state index contributed by atoms with van der Waals surface area (Å²) in [5, 5.41) is 3.40. The molecule has 0 bridgehead atoms. The van der Waals surface area contributed by atoms with Crippen LogP contribution in [0.25, 0.3) is 0 Å². The number of ether oxygens (including phenoxy) is 1. The number of aromatic nitrogens is 2. The van der Waals surface area contributed by atoms with Crippen molar-refractivity contribution in [3.8, 4) is 5.75 Å². The zero-order chi connectivity index (χ0) is 13.4. The van der Waals surface area contributed by atoms with E-state index in [4.69, 9.17) is 4.74 Å². The Hall–Kier alpha value is -1.97. The van der Waals surface area contributed by atoms with Gasteiger partial charge in [0.25, 0.3) is 0 Å². The van der Waals surface area contributed by atoms with E-state index in [2.05, 4.69) is 47.0 Å². The molecule has 19 heavy (non-hydrogen) atoms. The second-order valence-electron chi connectivity index (χ2n) is 5.28. The maximum absolute atomic E-state index is 5.76. The molecule has 0 amide bonds. The molecule has 100 valence electrons. The van der Waals surface area contributed by atoms with Crippen LogP contribution in [0.3, 0.4) is 0 Å². The molecule has 4 nitrogen and oxygen atoms in total. The Morgan fingerprint density at radius 3 is 2.95 bits per heavy atom. The summed E-state index contributed by atoms with van der Waals surface area (Å²) in [6.45, 7) is 6.92. The number of benzene rings is 1. The molecule has 0 fully saturated rings. The Bertz CT molecular complexity index is 589. The molecule has 4 heteroatoms. The van der Waals surface area contributed by atoms with Gasteiger partial charge in [0, 0.05) is 17.8 Å². The molecule has 0 aliphatic carbocycles. The number of hydrogen-bond donors (Lipinski definition) is 1. The van der Waals surface area contributed by atoms with Crippen molar-refractivity contribution in [2.75, 3.05) is 11.9 Å². The Morgan fingerprint density at radius 1 is 1.37 bits per heavy atom. The molecule has 1 aromatic carbocycles. The van der Waals surface area contributed by atoms with Gasteiger partial charge in [0.1, 0.15) is 12.4 Å². The SMILES string of the molecule is Cc1cn(C2COc3ccccc32)c(NC(C)C)n1. The summed E-state index contributed by atoms with van der Waals surface area (Å²) in [4.78, 5) is 4.56. The van der Waals surface area contributed by atoms with Crippen LogP contribution < -0.4 is 10.1 Å². The summed E-state index contributed by atoms with van der Waals surface area (Å²) in [6.07, 6.45) is 2.08. The Labute approximate surface area is 113 Å². The van der Waals surface area contributed by atoms with E-state index in [0.717, 1.165) is 17.4 Å². The van der Waals surface area contributed by atoms with Gasteiger partial charge in [-0.2, -0.15) is 0 Å². The van der Waals surface area contributed by atoms with Gasteiger partial charge >= 0.3 is 0 Å². The molecule has 3 rings (SSSR count). The smallest absolute Gasteiger partial charge is 0.203 e. The maximum atomic E-state index is 5.76. The maximum Gasteiger partial charge on any atom is 0.203 e. The second kappa shape index (κ2) is 4.61. The molecular formula is C15H19N3O. The van der Waals surface area contributed by atoms with Crippen molar-refractivity contribution in [2.24, 2.45) is 0 Å². The highest BCUT2D eigenvalue weighted by Crippen LogP contribution is 2.36. The first-order valence-corrected chi connectivity index (χ1v) is 6.69. The topological polar surface area (TPSA) is 39.1 Å². The first kappa shape index (κ1) is 12.1. The normalized spacial score (nSPS) is 17.4. The molecule has 0 radical (unpaired) electrons. The highest BCUT2D eigenvalue weighted by molar-refractivity contribution is 5.42. The lowest BCUT2D eigenvalue weighted by molar-refractivity contribution is 0.317. The van der Waals surface area contributed by atoms with E-state index in [0.29, 0.717) is 12.6 Å². The van der Waals surface area contributed by atoms with Crippen molar-refractivity contribution >= 4 is 5.95 Å². The predicted molar refractivity (Wildman–Crippen MR) is 75.8 cm³/mol. The van der Waals surface area contributed by atoms with Crippen molar-refractivity contribution < 1.29 is 4.74 Å². The van der Waals surface area contributed by atoms with Crippen LogP contribution in [-0.4, -0.2) is 22.2 Å². The second-order valence-corrected chi connectivity index (χ2v) is 5.28. The van der Waals surface area contributed by atoms with Crippen molar-refractivity contribution in [3.63, 3.8) is 0 Å². The molecule has 1 aliphatic rings. The number of fused-ring (bicyclic) bond motifs is 1. The van der Waals surface area contributed by atoms with Crippen LogP contribution in [0, 0.1) is 6.92 Å². The van der Waals surface area contributed by atoms with Crippen LogP contribution in [0.2, 0.25) is 0 Å². The molecule has 1 unspecified atom stereocenters.